The van der Waals surface area contributed by atoms with Crippen molar-refractivity contribution in [1.29, 1.82) is 0 Å². The lowest BCUT2D eigenvalue weighted by Gasteiger charge is -2.45. The minimum Gasteiger partial charge on any atom is -0.348 e. The van der Waals surface area contributed by atoms with Crippen LogP contribution in [0.5, 0.6) is 0 Å². The minimum absolute atomic E-state index is 0.0918. The fraction of sp³-hybridized carbons (Fsp3) is 0.765. The molecule has 20 heavy (non-hydrogen) atoms. The van der Waals surface area contributed by atoms with Crippen molar-refractivity contribution in [2.24, 2.45) is 17.6 Å². The van der Waals surface area contributed by atoms with Crippen molar-refractivity contribution in [3.05, 3.63) is 23.8 Å². The summed E-state index contributed by atoms with van der Waals surface area (Å²) >= 11 is 0. The zero-order valence-corrected chi connectivity index (χ0v) is 12.7. The van der Waals surface area contributed by atoms with Crippen LogP contribution in [0.4, 0.5) is 0 Å². The molecule has 0 aromatic heterocycles. The van der Waals surface area contributed by atoms with E-state index in [1.165, 1.54) is 5.57 Å². The molecule has 2 aliphatic carbocycles. The molecule has 3 nitrogen and oxygen atoms in total. The fourth-order valence-electron chi connectivity index (χ4n) is 3.78. The Morgan fingerprint density at radius 2 is 1.80 bits per heavy atom. The largest absolute Gasteiger partial charge is 0.348 e. The predicted octanol–water partition coefficient (Wildman–Crippen LogP) is 3.16. The van der Waals surface area contributed by atoms with Crippen LogP contribution in [0.2, 0.25) is 0 Å². The lowest BCUT2D eigenvalue weighted by Crippen LogP contribution is -2.53. The second-order valence-electron chi connectivity index (χ2n) is 6.93. The van der Waals surface area contributed by atoms with Crippen LogP contribution in [0.25, 0.3) is 0 Å². The third-order valence-corrected chi connectivity index (χ3v) is 5.35. The summed E-state index contributed by atoms with van der Waals surface area (Å²) in [6, 6.07) is 0. The van der Waals surface area contributed by atoms with E-state index in [-0.39, 0.29) is 11.3 Å². The van der Waals surface area contributed by atoms with Crippen LogP contribution >= 0.6 is 0 Å². The number of hydrogen-bond donors (Lipinski definition) is 1. The average molecular weight is 277 g/mol. The number of hydrogen-bond acceptors (Lipinski definition) is 3. The summed E-state index contributed by atoms with van der Waals surface area (Å²) in [5, 5.41) is 0. The molecule has 3 rings (SSSR count). The molecular weight excluding hydrogens is 250 g/mol. The van der Waals surface area contributed by atoms with Crippen LogP contribution in [-0.2, 0) is 9.47 Å². The Bertz CT molecular complexity index is 409. The Morgan fingerprint density at radius 1 is 1.15 bits per heavy atom. The first-order valence-corrected chi connectivity index (χ1v) is 7.97. The zero-order valence-electron chi connectivity index (χ0n) is 12.7. The molecule has 1 atom stereocenters. The van der Waals surface area contributed by atoms with Gasteiger partial charge in [-0.25, -0.2) is 0 Å². The van der Waals surface area contributed by atoms with Crippen LogP contribution in [0.1, 0.15) is 46.0 Å². The van der Waals surface area contributed by atoms with Gasteiger partial charge in [-0.3, -0.25) is 0 Å². The Hall–Kier alpha value is -0.640. The van der Waals surface area contributed by atoms with Crippen molar-refractivity contribution in [2.75, 3.05) is 13.2 Å². The Morgan fingerprint density at radius 3 is 2.40 bits per heavy atom. The maximum atomic E-state index is 6.76. The first-order chi connectivity index (χ1) is 9.53. The molecule has 1 saturated heterocycles. The van der Waals surface area contributed by atoms with Gasteiger partial charge in [0.25, 0.3) is 0 Å². The number of allylic oxidation sites excluding steroid dienone is 3. The third kappa shape index (κ3) is 2.59. The van der Waals surface area contributed by atoms with E-state index < -0.39 is 0 Å². The van der Waals surface area contributed by atoms with Crippen molar-refractivity contribution >= 4 is 0 Å². The van der Waals surface area contributed by atoms with Crippen LogP contribution in [-0.4, -0.2) is 24.5 Å². The maximum absolute atomic E-state index is 6.76. The molecule has 112 valence electrons. The van der Waals surface area contributed by atoms with Crippen molar-refractivity contribution in [1.82, 2.24) is 0 Å². The van der Waals surface area contributed by atoms with Crippen molar-refractivity contribution in [2.45, 2.75) is 57.3 Å². The van der Waals surface area contributed by atoms with Gasteiger partial charge in [-0.05, 0) is 31.1 Å². The van der Waals surface area contributed by atoms with E-state index in [0.29, 0.717) is 11.8 Å². The van der Waals surface area contributed by atoms with Gasteiger partial charge in [-0.2, -0.15) is 0 Å². The quantitative estimate of drug-likeness (QED) is 0.843. The van der Waals surface area contributed by atoms with Gasteiger partial charge in [-0.15, -0.1) is 0 Å². The highest BCUT2D eigenvalue weighted by Crippen LogP contribution is 2.44. The molecule has 3 heteroatoms. The number of ether oxygens (including phenoxy) is 2. The van der Waals surface area contributed by atoms with Crippen molar-refractivity contribution in [3.63, 3.8) is 0 Å². The summed E-state index contributed by atoms with van der Waals surface area (Å²) in [4.78, 5) is 0. The lowest BCUT2D eigenvalue weighted by atomic mass is 9.68. The van der Waals surface area contributed by atoms with Crippen LogP contribution in [0, 0.1) is 11.8 Å². The topological polar surface area (TPSA) is 44.5 Å². The van der Waals surface area contributed by atoms with Gasteiger partial charge in [0.2, 0.25) is 0 Å². The molecule has 1 spiro atoms. The number of nitrogens with two attached hydrogens (primary N) is 1. The van der Waals surface area contributed by atoms with Gasteiger partial charge in [0.05, 0.1) is 13.2 Å². The molecule has 3 aliphatic rings. The van der Waals surface area contributed by atoms with Crippen molar-refractivity contribution < 1.29 is 9.47 Å². The monoisotopic (exact) mass is 277 g/mol. The predicted molar refractivity (Wildman–Crippen MR) is 80.2 cm³/mol. The molecule has 1 saturated carbocycles. The molecule has 0 radical (unpaired) electrons. The molecule has 1 aliphatic heterocycles. The Kier molecular flexibility index (Phi) is 3.78. The van der Waals surface area contributed by atoms with E-state index in [0.717, 1.165) is 45.3 Å². The molecule has 1 heterocycles. The summed E-state index contributed by atoms with van der Waals surface area (Å²) in [5.41, 5.74) is 8.19. The summed E-state index contributed by atoms with van der Waals surface area (Å²) in [6.07, 6.45) is 11.7. The highest BCUT2D eigenvalue weighted by Gasteiger charge is 2.47. The molecule has 0 bridgehead atoms. The van der Waals surface area contributed by atoms with E-state index in [2.05, 4.69) is 32.1 Å². The van der Waals surface area contributed by atoms with Crippen molar-refractivity contribution in [3.8, 4) is 0 Å². The summed E-state index contributed by atoms with van der Waals surface area (Å²) in [5.74, 6) is 0.768. The molecule has 2 fully saturated rings. The highest BCUT2D eigenvalue weighted by molar-refractivity contribution is 5.24. The average Bonchev–Trinajstić information content (AvgIpc) is 2.92. The van der Waals surface area contributed by atoms with E-state index in [9.17, 15) is 0 Å². The Balaban J connectivity index is 1.66. The minimum atomic E-state index is -0.308. The summed E-state index contributed by atoms with van der Waals surface area (Å²) in [6.45, 7) is 6.00. The zero-order chi connectivity index (χ0) is 14.2. The molecule has 2 N–H and O–H groups in total. The smallest absolute Gasteiger partial charge is 0.168 e. The molecule has 0 aromatic rings. The van der Waals surface area contributed by atoms with E-state index in [1.807, 2.05) is 0 Å². The first kappa shape index (κ1) is 14.3. The SMILES string of the molecule is CC(C)C1=CC=CC(C2(N)CCC3(CC2)OCCO3)C1. The summed E-state index contributed by atoms with van der Waals surface area (Å²) < 4.78 is 11.6. The first-order valence-electron chi connectivity index (χ1n) is 7.97. The lowest BCUT2D eigenvalue weighted by molar-refractivity contribution is -0.186. The van der Waals surface area contributed by atoms with Gasteiger partial charge in [0.1, 0.15) is 0 Å². The number of rotatable bonds is 2. The van der Waals surface area contributed by atoms with E-state index >= 15 is 0 Å². The van der Waals surface area contributed by atoms with Crippen LogP contribution < -0.4 is 5.73 Å². The van der Waals surface area contributed by atoms with Gasteiger partial charge in [-0.1, -0.05) is 37.6 Å². The second-order valence-corrected chi connectivity index (χ2v) is 6.93. The third-order valence-electron chi connectivity index (χ3n) is 5.35. The highest BCUT2D eigenvalue weighted by atomic mass is 16.7. The fourth-order valence-corrected chi connectivity index (χ4v) is 3.78. The molecular formula is C17H27NO2. The van der Waals surface area contributed by atoms with E-state index in [4.69, 9.17) is 15.2 Å². The molecule has 0 aromatic carbocycles. The van der Waals surface area contributed by atoms with Gasteiger partial charge < -0.3 is 15.2 Å². The molecule has 0 amide bonds. The van der Waals surface area contributed by atoms with Gasteiger partial charge >= 0.3 is 0 Å². The molecule has 1 unspecified atom stereocenters. The summed E-state index contributed by atoms with van der Waals surface area (Å²) in [7, 11) is 0. The van der Waals surface area contributed by atoms with Gasteiger partial charge in [0.15, 0.2) is 5.79 Å². The normalized spacial score (nSPS) is 31.8. The Labute approximate surface area is 122 Å². The maximum Gasteiger partial charge on any atom is 0.168 e. The second kappa shape index (κ2) is 5.28. The van der Waals surface area contributed by atoms with Crippen LogP contribution in [0.3, 0.4) is 0 Å². The standard InChI is InChI=1S/C17H27NO2/c1-13(2)14-4-3-5-15(12-14)16(18)6-8-17(9-7-16)19-10-11-20-17/h3-5,13,15H,6-12,18H2,1-2H3. The van der Waals surface area contributed by atoms with E-state index in [1.54, 1.807) is 0 Å². The van der Waals surface area contributed by atoms with Crippen LogP contribution in [0.15, 0.2) is 23.8 Å². The van der Waals surface area contributed by atoms with Gasteiger partial charge in [0, 0.05) is 18.4 Å².